The number of benzene rings is 1. The molecule has 0 amide bonds. The van der Waals surface area contributed by atoms with Gasteiger partial charge >= 0.3 is 0 Å². The molecule has 2 nitrogen and oxygen atoms in total. The van der Waals surface area contributed by atoms with Crippen molar-refractivity contribution in [1.29, 1.82) is 0 Å². The van der Waals surface area contributed by atoms with Gasteiger partial charge in [-0.1, -0.05) is 38.1 Å². The van der Waals surface area contributed by atoms with Gasteiger partial charge < -0.3 is 5.73 Å². The minimum Gasteiger partial charge on any atom is -0.326 e. The topological polar surface area (TPSA) is 29.3 Å². The summed E-state index contributed by atoms with van der Waals surface area (Å²) in [7, 11) is 0. The molecule has 1 aliphatic rings. The van der Waals surface area contributed by atoms with Gasteiger partial charge in [0.25, 0.3) is 0 Å². The van der Waals surface area contributed by atoms with Crippen LogP contribution >= 0.6 is 0 Å². The molecule has 2 rings (SSSR count). The van der Waals surface area contributed by atoms with Crippen molar-refractivity contribution in [3.63, 3.8) is 0 Å². The second-order valence-corrected chi connectivity index (χ2v) is 5.37. The highest BCUT2D eigenvalue weighted by Gasteiger charge is 2.39. The summed E-state index contributed by atoms with van der Waals surface area (Å²) in [5.41, 5.74) is 8.83. The molecule has 94 valence electrons. The van der Waals surface area contributed by atoms with Crippen molar-refractivity contribution in [2.24, 2.45) is 11.1 Å². The fraction of sp³-hybridized carbons (Fsp3) is 0.600. The molecule has 1 saturated heterocycles. The van der Waals surface area contributed by atoms with E-state index in [1.54, 1.807) is 0 Å². The summed E-state index contributed by atoms with van der Waals surface area (Å²) in [4.78, 5) is 2.55. The van der Waals surface area contributed by atoms with Crippen LogP contribution in [0.4, 0.5) is 0 Å². The molecular formula is C15H24N2. The van der Waals surface area contributed by atoms with Gasteiger partial charge in [0.1, 0.15) is 0 Å². The Kier molecular flexibility index (Phi) is 3.85. The summed E-state index contributed by atoms with van der Waals surface area (Å²) in [6, 6.07) is 8.70. The van der Waals surface area contributed by atoms with Gasteiger partial charge in [-0.2, -0.15) is 0 Å². The van der Waals surface area contributed by atoms with Crippen molar-refractivity contribution in [2.45, 2.75) is 39.8 Å². The van der Waals surface area contributed by atoms with Crippen molar-refractivity contribution in [1.82, 2.24) is 4.90 Å². The molecule has 1 aromatic rings. The molecule has 0 aliphatic carbocycles. The fourth-order valence-electron chi connectivity index (χ4n) is 2.75. The van der Waals surface area contributed by atoms with Crippen LogP contribution in [0.2, 0.25) is 0 Å². The third-order valence-corrected chi connectivity index (χ3v) is 4.28. The zero-order valence-corrected chi connectivity index (χ0v) is 11.1. The highest BCUT2D eigenvalue weighted by molar-refractivity contribution is 5.22. The van der Waals surface area contributed by atoms with Crippen LogP contribution in [0, 0.1) is 5.41 Å². The van der Waals surface area contributed by atoms with Gasteiger partial charge in [0, 0.05) is 26.2 Å². The van der Waals surface area contributed by atoms with Gasteiger partial charge in [-0.3, -0.25) is 4.90 Å². The molecule has 2 heteroatoms. The maximum atomic E-state index is 5.60. The lowest BCUT2D eigenvalue weighted by Crippen LogP contribution is -2.54. The third-order valence-electron chi connectivity index (χ3n) is 4.28. The molecule has 0 spiro atoms. The van der Waals surface area contributed by atoms with Crippen molar-refractivity contribution in [3.8, 4) is 0 Å². The Bertz CT molecular complexity index is 344. The number of likely N-dealkylation sites (tertiary alicyclic amines) is 1. The lowest BCUT2D eigenvalue weighted by molar-refractivity contribution is -0.0120. The summed E-state index contributed by atoms with van der Waals surface area (Å²) >= 11 is 0. The van der Waals surface area contributed by atoms with Crippen molar-refractivity contribution >= 4 is 0 Å². The van der Waals surface area contributed by atoms with Crippen LogP contribution in [0.25, 0.3) is 0 Å². The zero-order valence-electron chi connectivity index (χ0n) is 11.1. The SMILES string of the molecule is CCC1(CC)CN(Cc2ccc(CN)cc2)C1. The highest BCUT2D eigenvalue weighted by Crippen LogP contribution is 2.37. The van der Waals surface area contributed by atoms with E-state index in [1.807, 2.05) is 0 Å². The summed E-state index contributed by atoms with van der Waals surface area (Å²) in [5.74, 6) is 0. The first-order chi connectivity index (χ1) is 8.21. The molecule has 0 saturated carbocycles. The number of hydrogen-bond acceptors (Lipinski definition) is 2. The molecule has 0 radical (unpaired) electrons. The van der Waals surface area contributed by atoms with Crippen molar-refractivity contribution < 1.29 is 0 Å². The van der Waals surface area contributed by atoms with Crippen LogP contribution in [-0.4, -0.2) is 18.0 Å². The minimum absolute atomic E-state index is 0.608. The zero-order chi connectivity index (χ0) is 12.3. The monoisotopic (exact) mass is 232 g/mol. The Labute approximate surface area is 105 Å². The Hall–Kier alpha value is -0.860. The van der Waals surface area contributed by atoms with Crippen LogP contribution < -0.4 is 5.73 Å². The Morgan fingerprint density at radius 3 is 2.06 bits per heavy atom. The summed E-state index contributed by atoms with van der Waals surface area (Å²) in [5, 5.41) is 0. The number of nitrogens with two attached hydrogens (primary N) is 1. The first-order valence-electron chi connectivity index (χ1n) is 6.71. The summed E-state index contributed by atoms with van der Waals surface area (Å²) in [6.07, 6.45) is 2.62. The molecule has 1 heterocycles. The van der Waals surface area contributed by atoms with E-state index >= 15 is 0 Å². The molecule has 17 heavy (non-hydrogen) atoms. The smallest absolute Gasteiger partial charge is 0.0234 e. The van der Waals surface area contributed by atoms with Gasteiger partial charge in [0.2, 0.25) is 0 Å². The maximum absolute atomic E-state index is 5.60. The third kappa shape index (κ3) is 2.70. The van der Waals surface area contributed by atoms with Crippen molar-refractivity contribution in [3.05, 3.63) is 35.4 Å². The van der Waals surface area contributed by atoms with E-state index in [0.29, 0.717) is 12.0 Å². The first kappa shape index (κ1) is 12.6. The molecule has 1 aromatic carbocycles. The second kappa shape index (κ2) is 5.19. The molecule has 1 aliphatic heterocycles. The van der Waals surface area contributed by atoms with Gasteiger partial charge in [-0.15, -0.1) is 0 Å². The quantitative estimate of drug-likeness (QED) is 0.846. The van der Waals surface area contributed by atoms with E-state index < -0.39 is 0 Å². The van der Waals surface area contributed by atoms with E-state index in [1.165, 1.54) is 37.1 Å². The van der Waals surface area contributed by atoms with Crippen LogP contribution in [0.15, 0.2) is 24.3 Å². The second-order valence-electron chi connectivity index (χ2n) is 5.37. The van der Waals surface area contributed by atoms with Gasteiger partial charge in [0.05, 0.1) is 0 Å². The highest BCUT2D eigenvalue weighted by atomic mass is 15.2. The normalized spacial score (nSPS) is 19.0. The van der Waals surface area contributed by atoms with Crippen molar-refractivity contribution in [2.75, 3.05) is 13.1 Å². The molecular weight excluding hydrogens is 208 g/mol. The molecule has 0 atom stereocenters. The summed E-state index contributed by atoms with van der Waals surface area (Å²) in [6.45, 7) is 8.89. The summed E-state index contributed by atoms with van der Waals surface area (Å²) < 4.78 is 0. The molecule has 0 unspecified atom stereocenters. The van der Waals surface area contributed by atoms with Crippen LogP contribution in [0.5, 0.6) is 0 Å². The average Bonchev–Trinajstić information content (AvgIpc) is 2.34. The Morgan fingerprint density at radius 1 is 1.06 bits per heavy atom. The number of rotatable bonds is 5. The number of hydrogen-bond donors (Lipinski definition) is 1. The van der Waals surface area contributed by atoms with E-state index in [4.69, 9.17) is 5.73 Å². The van der Waals surface area contributed by atoms with Crippen LogP contribution in [0.3, 0.4) is 0 Å². The van der Waals surface area contributed by atoms with Crippen LogP contribution in [-0.2, 0) is 13.1 Å². The van der Waals surface area contributed by atoms with E-state index in [0.717, 1.165) is 6.54 Å². The first-order valence-corrected chi connectivity index (χ1v) is 6.71. The predicted molar refractivity (Wildman–Crippen MR) is 72.6 cm³/mol. The molecule has 2 N–H and O–H groups in total. The molecule has 0 bridgehead atoms. The van der Waals surface area contributed by atoms with Gasteiger partial charge in [-0.25, -0.2) is 0 Å². The Morgan fingerprint density at radius 2 is 1.59 bits per heavy atom. The Balaban J connectivity index is 1.87. The van der Waals surface area contributed by atoms with E-state index in [-0.39, 0.29) is 0 Å². The number of nitrogens with zero attached hydrogens (tertiary/aromatic N) is 1. The van der Waals surface area contributed by atoms with Gasteiger partial charge in [0.15, 0.2) is 0 Å². The van der Waals surface area contributed by atoms with E-state index in [2.05, 4.69) is 43.0 Å². The largest absolute Gasteiger partial charge is 0.326 e. The lowest BCUT2D eigenvalue weighted by atomic mass is 9.75. The standard InChI is InChI=1S/C15H24N2/c1-3-15(4-2)11-17(12-15)10-14-7-5-13(9-16)6-8-14/h5-8H,3-4,9-12,16H2,1-2H3. The minimum atomic E-state index is 0.608. The fourth-order valence-corrected chi connectivity index (χ4v) is 2.75. The maximum Gasteiger partial charge on any atom is 0.0234 e. The van der Waals surface area contributed by atoms with Crippen LogP contribution in [0.1, 0.15) is 37.8 Å². The van der Waals surface area contributed by atoms with Gasteiger partial charge in [-0.05, 0) is 29.4 Å². The lowest BCUT2D eigenvalue weighted by Gasteiger charge is -2.50. The molecule has 1 fully saturated rings. The van der Waals surface area contributed by atoms with E-state index in [9.17, 15) is 0 Å². The molecule has 0 aromatic heterocycles. The average molecular weight is 232 g/mol. The predicted octanol–water partition coefficient (Wildman–Crippen LogP) is 2.77.